The van der Waals surface area contributed by atoms with Gasteiger partial charge in [-0.25, -0.2) is 15.0 Å². The largest absolute Gasteiger partial charge is 0.309 e. The fourth-order valence-corrected chi connectivity index (χ4v) is 9.93. The Labute approximate surface area is 338 Å². The summed E-state index contributed by atoms with van der Waals surface area (Å²) in [4.78, 5) is 15.9. The van der Waals surface area contributed by atoms with Gasteiger partial charge in [-0.3, -0.25) is 0 Å². The number of aromatic nitrogens is 4. The van der Waals surface area contributed by atoms with Crippen molar-refractivity contribution in [1.29, 1.82) is 0 Å². The highest BCUT2D eigenvalue weighted by atomic mass is 32.1. The Kier molecular flexibility index (Phi) is 7.37. The molecule has 0 saturated heterocycles. The molecule has 0 N–H and O–H groups in total. The Morgan fingerprint density at radius 2 is 1.00 bits per heavy atom. The maximum atomic E-state index is 5.42. The number of hydrogen-bond donors (Lipinski definition) is 0. The van der Waals surface area contributed by atoms with Crippen LogP contribution in [-0.4, -0.2) is 19.5 Å². The summed E-state index contributed by atoms with van der Waals surface area (Å²) < 4.78 is 4.78. The summed E-state index contributed by atoms with van der Waals surface area (Å²) in [7, 11) is 0. The molecule has 0 amide bonds. The number of hydrogen-bond acceptors (Lipinski definition) is 4. The molecule has 270 valence electrons. The molecule has 12 rings (SSSR count). The van der Waals surface area contributed by atoms with E-state index >= 15 is 0 Å². The average molecular weight is 757 g/mol. The molecule has 0 saturated carbocycles. The molecule has 0 aliphatic rings. The fraction of sp³-hybridized carbons (Fsp3) is 0. The summed E-state index contributed by atoms with van der Waals surface area (Å²) >= 11 is 1.81. The van der Waals surface area contributed by atoms with Crippen LogP contribution in [0.4, 0.5) is 0 Å². The molecule has 8 aromatic carbocycles. The lowest BCUT2D eigenvalue weighted by molar-refractivity contribution is 1.17. The zero-order chi connectivity index (χ0) is 38.2. The standard InChI is InChI=1S/C53H32N4S/c1-2-14-34(15-3-1)44-32-45(35-25-28-38(29-26-35)57-46-22-9-6-19-40(46)41-20-7-10-23-47(41)57)56-53(55-44)37-17-12-16-36(31-37)51-52-50(42-21-8-11-24-48(42)58-52)49-39-18-5-4-13-33(39)27-30-43(49)54-51/h1-32H. The van der Waals surface area contributed by atoms with Crippen molar-refractivity contribution in [2.24, 2.45) is 0 Å². The minimum atomic E-state index is 0.670. The van der Waals surface area contributed by atoms with Crippen molar-refractivity contribution in [2.45, 2.75) is 0 Å². The molecule has 4 nitrogen and oxygen atoms in total. The van der Waals surface area contributed by atoms with Crippen molar-refractivity contribution in [2.75, 3.05) is 0 Å². The Morgan fingerprint density at radius 1 is 0.397 bits per heavy atom. The number of nitrogens with zero attached hydrogens (tertiary/aromatic N) is 4. The molecule has 0 atom stereocenters. The molecule has 0 aliphatic carbocycles. The van der Waals surface area contributed by atoms with E-state index in [9.17, 15) is 0 Å². The van der Waals surface area contributed by atoms with E-state index in [0.717, 1.165) is 50.5 Å². The van der Waals surface area contributed by atoms with Gasteiger partial charge in [0.2, 0.25) is 0 Å². The van der Waals surface area contributed by atoms with Gasteiger partial charge in [0, 0.05) is 59.6 Å². The Morgan fingerprint density at radius 3 is 1.76 bits per heavy atom. The van der Waals surface area contributed by atoms with E-state index < -0.39 is 0 Å². The molecule has 0 unspecified atom stereocenters. The normalized spacial score (nSPS) is 11.8. The van der Waals surface area contributed by atoms with Crippen LogP contribution >= 0.6 is 11.3 Å². The monoisotopic (exact) mass is 756 g/mol. The topological polar surface area (TPSA) is 43.6 Å². The molecule has 4 heterocycles. The van der Waals surface area contributed by atoms with Gasteiger partial charge in [-0.1, -0.05) is 146 Å². The van der Waals surface area contributed by atoms with Crippen molar-refractivity contribution < 1.29 is 0 Å². The van der Waals surface area contributed by atoms with E-state index in [1.54, 1.807) is 0 Å². The summed E-state index contributed by atoms with van der Waals surface area (Å²) in [6.45, 7) is 0. The fourth-order valence-electron chi connectivity index (χ4n) is 8.71. The smallest absolute Gasteiger partial charge is 0.160 e. The first-order valence-electron chi connectivity index (χ1n) is 19.5. The Balaban J connectivity index is 1.02. The predicted molar refractivity (Wildman–Crippen MR) is 244 cm³/mol. The molecule has 0 aliphatic heterocycles. The lowest BCUT2D eigenvalue weighted by Gasteiger charge is -2.13. The van der Waals surface area contributed by atoms with Crippen LogP contribution in [0.1, 0.15) is 0 Å². The average Bonchev–Trinajstić information content (AvgIpc) is 3.85. The van der Waals surface area contributed by atoms with Gasteiger partial charge in [-0.15, -0.1) is 11.3 Å². The minimum Gasteiger partial charge on any atom is -0.309 e. The third-order valence-electron chi connectivity index (χ3n) is 11.4. The van der Waals surface area contributed by atoms with Crippen LogP contribution in [0.15, 0.2) is 194 Å². The summed E-state index contributed by atoms with van der Waals surface area (Å²) in [6, 6.07) is 68.8. The lowest BCUT2D eigenvalue weighted by Crippen LogP contribution is -1.97. The lowest BCUT2D eigenvalue weighted by atomic mass is 9.98. The van der Waals surface area contributed by atoms with E-state index in [4.69, 9.17) is 15.0 Å². The Bertz CT molecular complexity index is 3510. The molecule has 0 bridgehead atoms. The second-order valence-corrected chi connectivity index (χ2v) is 15.8. The molecule has 0 radical (unpaired) electrons. The van der Waals surface area contributed by atoms with E-state index in [1.165, 1.54) is 58.1 Å². The van der Waals surface area contributed by atoms with Crippen molar-refractivity contribution in [3.8, 4) is 50.8 Å². The number of benzene rings is 8. The highest BCUT2D eigenvalue weighted by Gasteiger charge is 2.19. The first-order chi connectivity index (χ1) is 28.7. The molecule has 5 heteroatoms. The quantitative estimate of drug-likeness (QED) is 0.164. The van der Waals surface area contributed by atoms with Gasteiger partial charge in [0.05, 0.1) is 38.3 Å². The summed E-state index contributed by atoms with van der Waals surface area (Å²) in [5, 5.41) is 8.67. The van der Waals surface area contributed by atoms with Crippen LogP contribution in [0.5, 0.6) is 0 Å². The summed E-state index contributed by atoms with van der Waals surface area (Å²) in [6.07, 6.45) is 0. The predicted octanol–water partition coefficient (Wildman–Crippen LogP) is 14.3. The number of pyridine rings is 1. The third-order valence-corrected chi connectivity index (χ3v) is 12.6. The van der Waals surface area contributed by atoms with Gasteiger partial charge in [-0.05, 0) is 59.3 Å². The molecule has 0 spiro atoms. The molecular weight excluding hydrogens is 725 g/mol. The second kappa shape index (κ2) is 13.1. The SMILES string of the molecule is c1ccc(-c2cc(-c3ccc(-n4c5ccccc5c5ccccc54)cc3)nc(-c3cccc(-c4nc5ccc6ccccc6c5c5c4sc4ccccc45)c3)n2)cc1. The van der Waals surface area contributed by atoms with Crippen LogP contribution in [0, 0.1) is 0 Å². The zero-order valence-electron chi connectivity index (χ0n) is 31.2. The van der Waals surface area contributed by atoms with Crippen molar-refractivity contribution in [3.05, 3.63) is 194 Å². The van der Waals surface area contributed by atoms with Crippen molar-refractivity contribution in [1.82, 2.24) is 19.5 Å². The van der Waals surface area contributed by atoms with E-state index in [2.05, 4.69) is 193 Å². The maximum absolute atomic E-state index is 5.42. The maximum Gasteiger partial charge on any atom is 0.160 e. The Hall–Kier alpha value is -7.47. The molecule has 4 aromatic heterocycles. The molecule has 0 fully saturated rings. The number of thiophene rings is 1. The van der Waals surface area contributed by atoms with E-state index in [-0.39, 0.29) is 0 Å². The first-order valence-corrected chi connectivity index (χ1v) is 20.3. The van der Waals surface area contributed by atoms with Gasteiger partial charge in [0.15, 0.2) is 5.82 Å². The van der Waals surface area contributed by atoms with E-state index in [0.29, 0.717) is 5.82 Å². The van der Waals surface area contributed by atoms with Crippen LogP contribution in [0.3, 0.4) is 0 Å². The summed E-state index contributed by atoms with van der Waals surface area (Å²) in [5.41, 5.74) is 11.2. The van der Waals surface area contributed by atoms with Gasteiger partial charge >= 0.3 is 0 Å². The van der Waals surface area contributed by atoms with Crippen molar-refractivity contribution >= 4 is 75.0 Å². The first kappa shape index (κ1) is 32.7. The third kappa shape index (κ3) is 5.18. The molecular formula is C53H32N4S. The summed E-state index contributed by atoms with van der Waals surface area (Å²) in [5.74, 6) is 0.670. The zero-order valence-corrected chi connectivity index (χ0v) is 32.0. The van der Waals surface area contributed by atoms with Gasteiger partial charge in [0.25, 0.3) is 0 Å². The van der Waals surface area contributed by atoms with Crippen LogP contribution < -0.4 is 0 Å². The van der Waals surface area contributed by atoms with Crippen LogP contribution in [0.2, 0.25) is 0 Å². The van der Waals surface area contributed by atoms with E-state index in [1.807, 2.05) is 17.4 Å². The highest BCUT2D eigenvalue weighted by molar-refractivity contribution is 7.26. The number of para-hydroxylation sites is 2. The highest BCUT2D eigenvalue weighted by Crippen LogP contribution is 2.45. The number of rotatable bonds is 5. The van der Waals surface area contributed by atoms with Gasteiger partial charge in [-0.2, -0.15) is 0 Å². The van der Waals surface area contributed by atoms with Gasteiger partial charge in [0.1, 0.15) is 0 Å². The number of fused-ring (bicyclic) bond motifs is 10. The van der Waals surface area contributed by atoms with Crippen molar-refractivity contribution in [3.63, 3.8) is 0 Å². The molecule has 12 aromatic rings. The van der Waals surface area contributed by atoms with Crippen LogP contribution in [-0.2, 0) is 0 Å². The van der Waals surface area contributed by atoms with Crippen LogP contribution in [0.25, 0.3) is 115 Å². The minimum absolute atomic E-state index is 0.670. The second-order valence-electron chi connectivity index (χ2n) is 14.8. The molecule has 58 heavy (non-hydrogen) atoms. The van der Waals surface area contributed by atoms with Gasteiger partial charge < -0.3 is 4.57 Å².